The Morgan fingerprint density at radius 2 is 1.71 bits per heavy atom. The molecule has 0 unspecified atom stereocenters. The molecule has 3 nitrogen and oxygen atoms in total. The normalized spacial score (nSPS) is 11.2. The summed E-state index contributed by atoms with van der Waals surface area (Å²) in [6.45, 7) is -0.482. The van der Waals surface area contributed by atoms with Crippen LogP contribution in [0.25, 0.3) is 0 Å². The van der Waals surface area contributed by atoms with E-state index in [4.69, 9.17) is 16.3 Å². The molecule has 1 N–H and O–H groups in total. The van der Waals surface area contributed by atoms with Crippen LogP contribution in [-0.2, 0) is 11.0 Å². The first-order chi connectivity index (χ1) is 11.2. The largest absolute Gasteiger partial charge is 0.481 e. The minimum Gasteiger partial charge on any atom is -0.481 e. The van der Waals surface area contributed by atoms with Gasteiger partial charge in [-0.15, -0.1) is 0 Å². The van der Waals surface area contributed by atoms with Crippen LogP contribution in [0.4, 0.5) is 18.9 Å². The number of benzene rings is 2. The van der Waals surface area contributed by atoms with Gasteiger partial charge in [0.2, 0.25) is 0 Å². The molecule has 0 atom stereocenters. The molecule has 1 amide bonds. The average molecular weight is 487 g/mol. The highest BCUT2D eigenvalue weighted by molar-refractivity contribution is 9.11. The monoisotopic (exact) mass is 485 g/mol. The highest BCUT2D eigenvalue weighted by Crippen LogP contribution is 2.38. The topological polar surface area (TPSA) is 38.3 Å². The van der Waals surface area contributed by atoms with E-state index in [0.717, 1.165) is 12.1 Å². The van der Waals surface area contributed by atoms with Gasteiger partial charge in [0.15, 0.2) is 6.61 Å². The number of alkyl halides is 3. The average Bonchev–Trinajstić information content (AvgIpc) is 2.47. The van der Waals surface area contributed by atoms with E-state index in [0.29, 0.717) is 14.7 Å². The zero-order valence-electron chi connectivity index (χ0n) is 11.8. The summed E-state index contributed by atoms with van der Waals surface area (Å²) in [6, 6.07) is 8.42. The summed E-state index contributed by atoms with van der Waals surface area (Å²) in [6.07, 6.45) is -4.64. The first kappa shape index (κ1) is 19.1. The summed E-state index contributed by atoms with van der Waals surface area (Å²) in [7, 11) is 0. The quantitative estimate of drug-likeness (QED) is 0.583. The number of carbonyl (C=O) groups excluding carboxylic acids is 1. The van der Waals surface area contributed by atoms with E-state index in [1.54, 1.807) is 18.2 Å². The molecule has 0 radical (unpaired) electrons. The zero-order valence-corrected chi connectivity index (χ0v) is 15.7. The molecular formula is C15H9Br2ClF3NO2. The van der Waals surface area contributed by atoms with Crippen molar-refractivity contribution < 1.29 is 22.7 Å². The van der Waals surface area contributed by atoms with Crippen molar-refractivity contribution in [3.8, 4) is 5.75 Å². The highest BCUT2D eigenvalue weighted by Gasteiger charge is 2.34. The molecule has 0 saturated carbocycles. The third-order valence-corrected chi connectivity index (χ3v) is 4.41. The second-order valence-electron chi connectivity index (χ2n) is 4.55. The Morgan fingerprint density at radius 3 is 2.29 bits per heavy atom. The lowest BCUT2D eigenvalue weighted by molar-refractivity contribution is -0.137. The molecule has 0 aliphatic carbocycles. The van der Waals surface area contributed by atoms with E-state index >= 15 is 0 Å². The van der Waals surface area contributed by atoms with Gasteiger partial charge in [-0.3, -0.25) is 4.79 Å². The lowest BCUT2D eigenvalue weighted by Crippen LogP contribution is -2.22. The first-order valence-corrected chi connectivity index (χ1v) is 8.39. The maximum atomic E-state index is 13.0. The van der Waals surface area contributed by atoms with E-state index in [1.807, 2.05) is 0 Å². The van der Waals surface area contributed by atoms with E-state index in [-0.39, 0.29) is 5.02 Å². The van der Waals surface area contributed by atoms with Crippen LogP contribution in [0.15, 0.2) is 45.3 Å². The SMILES string of the molecule is O=C(COc1c(Br)cccc1Br)Nc1c(Cl)cccc1C(F)(F)F. The smallest absolute Gasteiger partial charge is 0.418 e. The fraction of sp³-hybridized carbons (Fsp3) is 0.133. The number of rotatable bonds is 4. The molecule has 0 bridgehead atoms. The maximum Gasteiger partial charge on any atom is 0.418 e. The Morgan fingerprint density at radius 1 is 1.12 bits per heavy atom. The van der Waals surface area contributed by atoms with Crippen LogP contribution in [0.2, 0.25) is 5.02 Å². The van der Waals surface area contributed by atoms with E-state index in [2.05, 4.69) is 37.2 Å². The molecule has 0 heterocycles. The fourth-order valence-electron chi connectivity index (χ4n) is 1.82. The van der Waals surface area contributed by atoms with Crippen molar-refractivity contribution >= 4 is 55.1 Å². The fourth-order valence-corrected chi connectivity index (χ4v) is 3.27. The third-order valence-electron chi connectivity index (χ3n) is 2.85. The molecule has 0 aromatic heterocycles. The van der Waals surface area contributed by atoms with Gasteiger partial charge < -0.3 is 10.1 Å². The van der Waals surface area contributed by atoms with E-state index in [9.17, 15) is 18.0 Å². The standard InChI is InChI=1S/C15H9Br2ClF3NO2/c16-9-4-2-5-10(17)14(9)24-7-12(23)22-13-8(15(19,20)21)3-1-6-11(13)18/h1-6H,7H2,(H,22,23). The Labute approximate surface area is 157 Å². The number of anilines is 1. The number of nitrogens with one attached hydrogen (secondary N) is 1. The molecule has 0 fully saturated rings. The van der Waals surface area contributed by atoms with Gasteiger partial charge in [-0.05, 0) is 56.1 Å². The van der Waals surface area contributed by atoms with Crippen LogP contribution < -0.4 is 10.1 Å². The molecule has 2 aromatic carbocycles. The van der Waals surface area contributed by atoms with Crippen molar-refractivity contribution in [3.05, 3.63) is 55.9 Å². The van der Waals surface area contributed by atoms with Gasteiger partial charge in [-0.1, -0.05) is 23.7 Å². The Kier molecular flexibility index (Phi) is 6.17. The minimum atomic E-state index is -4.64. The lowest BCUT2D eigenvalue weighted by atomic mass is 10.1. The minimum absolute atomic E-state index is 0.208. The molecule has 128 valence electrons. The maximum absolute atomic E-state index is 13.0. The molecule has 24 heavy (non-hydrogen) atoms. The third kappa shape index (κ3) is 4.64. The summed E-state index contributed by atoms with van der Waals surface area (Å²) in [5.74, 6) is -0.404. The highest BCUT2D eigenvalue weighted by atomic mass is 79.9. The lowest BCUT2D eigenvalue weighted by Gasteiger charge is -2.15. The van der Waals surface area contributed by atoms with Crippen molar-refractivity contribution in [2.24, 2.45) is 0 Å². The van der Waals surface area contributed by atoms with Gasteiger partial charge in [0.1, 0.15) is 5.75 Å². The summed E-state index contributed by atoms with van der Waals surface area (Å²) in [5, 5.41) is 1.94. The summed E-state index contributed by atoms with van der Waals surface area (Å²) >= 11 is 12.3. The van der Waals surface area contributed by atoms with E-state index in [1.165, 1.54) is 6.07 Å². The number of para-hydroxylation sites is 2. The summed E-state index contributed by atoms with van der Waals surface area (Å²) in [5.41, 5.74) is -1.52. The van der Waals surface area contributed by atoms with Crippen molar-refractivity contribution in [1.29, 1.82) is 0 Å². The van der Waals surface area contributed by atoms with Crippen LogP contribution in [0.3, 0.4) is 0 Å². The predicted molar refractivity (Wildman–Crippen MR) is 92.4 cm³/mol. The molecule has 9 heteroatoms. The van der Waals surface area contributed by atoms with Gasteiger partial charge in [0, 0.05) is 0 Å². The van der Waals surface area contributed by atoms with Crippen LogP contribution in [0.5, 0.6) is 5.75 Å². The van der Waals surface area contributed by atoms with Gasteiger partial charge in [-0.2, -0.15) is 13.2 Å². The van der Waals surface area contributed by atoms with Crippen LogP contribution in [0, 0.1) is 0 Å². The van der Waals surface area contributed by atoms with Crippen molar-refractivity contribution in [3.63, 3.8) is 0 Å². The van der Waals surface area contributed by atoms with Crippen LogP contribution >= 0.6 is 43.5 Å². The number of halogens is 6. The Balaban J connectivity index is 2.14. The second-order valence-corrected chi connectivity index (χ2v) is 6.66. The van der Waals surface area contributed by atoms with Crippen molar-refractivity contribution in [1.82, 2.24) is 0 Å². The predicted octanol–water partition coefficient (Wildman–Crippen LogP) is 5.90. The summed E-state index contributed by atoms with van der Waals surface area (Å²) < 4.78 is 45.5. The molecule has 0 aliphatic rings. The van der Waals surface area contributed by atoms with Gasteiger partial charge in [0.05, 0.1) is 25.2 Å². The molecular weight excluding hydrogens is 478 g/mol. The van der Waals surface area contributed by atoms with E-state index < -0.39 is 29.9 Å². The van der Waals surface area contributed by atoms with Gasteiger partial charge in [-0.25, -0.2) is 0 Å². The van der Waals surface area contributed by atoms with Crippen molar-refractivity contribution in [2.75, 3.05) is 11.9 Å². The van der Waals surface area contributed by atoms with Gasteiger partial charge >= 0.3 is 6.18 Å². The number of carbonyl (C=O) groups is 1. The zero-order chi connectivity index (χ0) is 17.9. The van der Waals surface area contributed by atoms with Crippen LogP contribution in [0.1, 0.15) is 5.56 Å². The van der Waals surface area contributed by atoms with Gasteiger partial charge in [0.25, 0.3) is 5.91 Å². The molecule has 0 saturated heterocycles. The Bertz CT molecular complexity index is 749. The van der Waals surface area contributed by atoms with Crippen molar-refractivity contribution in [2.45, 2.75) is 6.18 Å². The Hall–Kier alpha value is -1.25. The molecule has 0 spiro atoms. The second kappa shape index (κ2) is 7.76. The van der Waals surface area contributed by atoms with Crippen LogP contribution in [-0.4, -0.2) is 12.5 Å². The number of ether oxygens (including phenoxy) is 1. The molecule has 2 rings (SSSR count). The molecule has 0 aliphatic heterocycles. The number of amides is 1. The molecule has 2 aromatic rings. The first-order valence-electron chi connectivity index (χ1n) is 6.42. The number of hydrogen-bond acceptors (Lipinski definition) is 2. The summed E-state index contributed by atoms with van der Waals surface area (Å²) in [4.78, 5) is 11.9. The number of hydrogen-bond donors (Lipinski definition) is 1.